The maximum atomic E-state index is 13.4. The molecular formula is C21H22N2O3. The summed E-state index contributed by atoms with van der Waals surface area (Å²) in [6.07, 6.45) is 0.582. The topological polar surface area (TPSA) is 58.6 Å². The summed E-state index contributed by atoms with van der Waals surface area (Å²) >= 11 is 0. The number of carbonyl (C=O) groups is 2. The van der Waals surface area contributed by atoms with Crippen LogP contribution in [0.2, 0.25) is 0 Å². The number of piperidine rings is 1. The second-order valence-corrected chi connectivity index (χ2v) is 7.07. The van der Waals surface area contributed by atoms with Crippen LogP contribution in [-0.2, 0) is 9.59 Å². The number of rotatable bonds is 3. The Hall–Kier alpha value is -2.82. The average Bonchev–Trinajstić information content (AvgIpc) is 2.62. The van der Waals surface area contributed by atoms with E-state index in [1.54, 1.807) is 4.90 Å². The molecule has 2 aliphatic rings. The Kier molecular flexibility index (Phi) is 3.94. The predicted octanol–water partition coefficient (Wildman–Crippen LogP) is 3.07. The van der Waals surface area contributed by atoms with Crippen molar-refractivity contribution in [2.24, 2.45) is 5.92 Å². The molecule has 2 amide bonds. The van der Waals surface area contributed by atoms with Gasteiger partial charge in [-0.25, -0.2) is 0 Å². The molecule has 2 aromatic carbocycles. The molecule has 0 radical (unpaired) electrons. The van der Waals surface area contributed by atoms with Crippen molar-refractivity contribution in [3.8, 4) is 5.75 Å². The van der Waals surface area contributed by atoms with Crippen LogP contribution in [0.25, 0.3) is 0 Å². The van der Waals surface area contributed by atoms with Gasteiger partial charge in [-0.2, -0.15) is 0 Å². The van der Waals surface area contributed by atoms with Gasteiger partial charge in [0.1, 0.15) is 11.7 Å². The monoisotopic (exact) mass is 350 g/mol. The first-order valence-electron chi connectivity index (χ1n) is 8.99. The van der Waals surface area contributed by atoms with E-state index in [-0.39, 0.29) is 17.7 Å². The van der Waals surface area contributed by atoms with Crippen molar-refractivity contribution in [2.75, 3.05) is 11.4 Å². The van der Waals surface area contributed by atoms with E-state index in [9.17, 15) is 9.59 Å². The maximum Gasteiger partial charge on any atom is 0.240 e. The van der Waals surface area contributed by atoms with Gasteiger partial charge >= 0.3 is 0 Å². The molecule has 4 rings (SSSR count). The summed E-state index contributed by atoms with van der Waals surface area (Å²) < 4.78 is 6.00. The van der Waals surface area contributed by atoms with E-state index in [1.165, 1.54) is 0 Å². The number of nitrogens with one attached hydrogen (secondary N) is 1. The van der Waals surface area contributed by atoms with Gasteiger partial charge in [-0.15, -0.1) is 0 Å². The lowest BCUT2D eigenvalue weighted by Gasteiger charge is -2.47. The summed E-state index contributed by atoms with van der Waals surface area (Å²) in [5, 5.41) is 2.92. The molecule has 2 aromatic rings. The van der Waals surface area contributed by atoms with Crippen molar-refractivity contribution in [3.63, 3.8) is 0 Å². The number of anilines is 1. The highest BCUT2D eigenvalue weighted by Gasteiger charge is 2.52. The molecule has 2 bridgehead atoms. The van der Waals surface area contributed by atoms with Gasteiger partial charge in [0.25, 0.3) is 0 Å². The van der Waals surface area contributed by atoms with E-state index >= 15 is 0 Å². The minimum absolute atomic E-state index is 0.167. The van der Waals surface area contributed by atoms with Crippen LogP contribution in [0, 0.1) is 5.92 Å². The zero-order valence-electron chi connectivity index (χ0n) is 14.9. The van der Waals surface area contributed by atoms with Gasteiger partial charge in [0.15, 0.2) is 5.72 Å². The van der Waals surface area contributed by atoms with Crippen LogP contribution in [0.4, 0.5) is 5.69 Å². The van der Waals surface area contributed by atoms with E-state index in [1.807, 2.05) is 68.4 Å². The van der Waals surface area contributed by atoms with E-state index in [2.05, 4.69) is 5.32 Å². The van der Waals surface area contributed by atoms with Crippen LogP contribution in [0.15, 0.2) is 54.6 Å². The second-order valence-electron chi connectivity index (χ2n) is 7.07. The van der Waals surface area contributed by atoms with Gasteiger partial charge in [-0.1, -0.05) is 36.4 Å². The number of carbonyl (C=O) groups excluding carboxylic acids is 2. The minimum atomic E-state index is -0.767. The molecule has 3 atom stereocenters. The Morgan fingerprint density at radius 2 is 1.88 bits per heavy atom. The molecule has 26 heavy (non-hydrogen) atoms. The summed E-state index contributed by atoms with van der Waals surface area (Å²) in [4.78, 5) is 27.9. The molecule has 5 heteroatoms. The normalized spacial score (nSPS) is 26.3. The number of amides is 2. The van der Waals surface area contributed by atoms with Crippen molar-refractivity contribution in [1.82, 2.24) is 5.32 Å². The number of hydrogen-bond donors (Lipinski definition) is 1. The Morgan fingerprint density at radius 3 is 2.62 bits per heavy atom. The zero-order valence-corrected chi connectivity index (χ0v) is 14.9. The molecule has 0 aromatic heterocycles. The maximum absolute atomic E-state index is 13.4. The van der Waals surface area contributed by atoms with E-state index < -0.39 is 11.6 Å². The lowest BCUT2D eigenvalue weighted by Crippen LogP contribution is -2.63. The molecule has 134 valence electrons. The number of para-hydroxylation sites is 2. The van der Waals surface area contributed by atoms with Gasteiger partial charge in [0.05, 0.1) is 0 Å². The first kappa shape index (κ1) is 16.6. The molecule has 2 aliphatic heterocycles. The van der Waals surface area contributed by atoms with E-state index in [4.69, 9.17) is 4.74 Å². The fourth-order valence-corrected chi connectivity index (χ4v) is 4.11. The fraction of sp³-hybridized carbons (Fsp3) is 0.333. The van der Waals surface area contributed by atoms with Gasteiger partial charge < -0.3 is 15.0 Å². The van der Waals surface area contributed by atoms with E-state index in [0.717, 1.165) is 17.0 Å². The number of ether oxygens (including phenoxy) is 1. The van der Waals surface area contributed by atoms with Crippen LogP contribution >= 0.6 is 0 Å². The number of fused-ring (bicyclic) bond motifs is 4. The first-order chi connectivity index (χ1) is 12.5. The van der Waals surface area contributed by atoms with Crippen LogP contribution in [0.1, 0.15) is 31.7 Å². The average molecular weight is 350 g/mol. The zero-order chi connectivity index (χ0) is 18.3. The Morgan fingerprint density at radius 1 is 1.19 bits per heavy atom. The largest absolute Gasteiger partial charge is 0.468 e. The Labute approximate surface area is 153 Å². The molecule has 0 spiro atoms. The predicted molar refractivity (Wildman–Crippen MR) is 98.9 cm³/mol. The molecule has 0 unspecified atom stereocenters. The SMILES string of the molecule is CCN(C(=O)[C@@H]1C(=O)N[C@]2(C)C[C@H]1c1ccccc1O2)c1ccccc1. The third-order valence-corrected chi connectivity index (χ3v) is 5.25. The summed E-state index contributed by atoms with van der Waals surface area (Å²) in [6.45, 7) is 4.30. The number of benzene rings is 2. The van der Waals surface area contributed by atoms with Crippen molar-refractivity contribution < 1.29 is 14.3 Å². The summed E-state index contributed by atoms with van der Waals surface area (Å²) in [5.41, 5.74) is 0.972. The highest BCUT2D eigenvalue weighted by atomic mass is 16.5. The van der Waals surface area contributed by atoms with Crippen molar-refractivity contribution >= 4 is 17.5 Å². The Balaban J connectivity index is 1.74. The first-order valence-corrected chi connectivity index (χ1v) is 8.99. The van der Waals surface area contributed by atoms with Crippen molar-refractivity contribution in [2.45, 2.75) is 31.9 Å². The molecule has 0 aliphatic carbocycles. The lowest BCUT2D eigenvalue weighted by molar-refractivity contribution is -0.146. The molecule has 0 saturated carbocycles. The standard InChI is InChI=1S/C21H22N2O3/c1-3-23(14-9-5-4-6-10-14)20(25)18-16-13-21(2,22-19(18)24)26-17-12-8-7-11-15(16)17/h4-12,16,18H,3,13H2,1-2H3,(H,22,24)/t16-,18-,21-/m0/s1. The number of nitrogens with zero attached hydrogens (tertiary/aromatic N) is 1. The second kappa shape index (κ2) is 6.16. The summed E-state index contributed by atoms with van der Waals surface area (Å²) in [5.74, 6) is -0.637. The highest BCUT2D eigenvalue weighted by Crippen LogP contribution is 2.47. The van der Waals surface area contributed by atoms with Crippen molar-refractivity contribution in [3.05, 3.63) is 60.2 Å². The molecular weight excluding hydrogens is 328 g/mol. The summed E-state index contributed by atoms with van der Waals surface area (Å²) in [6, 6.07) is 17.2. The molecule has 1 N–H and O–H groups in total. The van der Waals surface area contributed by atoms with Crippen LogP contribution in [-0.4, -0.2) is 24.1 Å². The highest BCUT2D eigenvalue weighted by molar-refractivity contribution is 6.09. The van der Waals surface area contributed by atoms with Gasteiger partial charge in [-0.3, -0.25) is 9.59 Å². The molecule has 1 saturated heterocycles. The van der Waals surface area contributed by atoms with Crippen molar-refractivity contribution in [1.29, 1.82) is 0 Å². The van der Waals surface area contributed by atoms with Crippen LogP contribution in [0.5, 0.6) is 5.75 Å². The molecule has 2 heterocycles. The third-order valence-electron chi connectivity index (χ3n) is 5.25. The molecule has 1 fully saturated rings. The van der Waals surface area contributed by atoms with Gasteiger partial charge in [0, 0.05) is 24.6 Å². The van der Waals surface area contributed by atoms with E-state index in [0.29, 0.717) is 13.0 Å². The van der Waals surface area contributed by atoms with Gasteiger partial charge in [0.2, 0.25) is 11.8 Å². The van der Waals surface area contributed by atoms with Crippen LogP contribution < -0.4 is 15.0 Å². The Bertz CT molecular complexity index is 851. The third kappa shape index (κ3) is 2.64. The number of hydrogen-bond acceptors (Lipinski definition) is 3. The van der Waals surface area contributed by atoms with Gasteiger partial charge in [-0.05, 0) is 37.6 Å². The quantitative estimate of drug-likeness (QED) is 0.866. The molecule has 5 nitrogen and oxygen atoms in total. The summed E-state index contributed by atoms with van der Waals surface area (Å²) in [7, 11) is 0. The smallest absolute Gasteiger partial charge is 0.240 e. The minimum Gasteiger partial charge on any atom is -0.468 e. The lowest BCUT2D eigenvalue weighted by atomic mass is 9.74. The fourth-order valence-electron chi connectivity index (χ4n) is 4.11. The van der Waals surface area contributed by atoms with Crippen LogP contribution in [0.3, 0.4) is 0 Å².